The van der Waals surface area contributed by atoms with Crippen molar-refractivity contribution in [1.29, 1.82) is 0 Å². The molecule has 0 N–H and O–H groups in total. The summed E-state index contributed by atoms with van der Waals surface area (Å²) in [4.78, 5) is 2.39. The molecule has 0 unspecified atom stereocenters. The van der Waals surface area contributed by atoms with Gasteiger partial charge in [0.05, 0.1) is 5.69 Å². The summed E-state index contributed by atoms with van der Waals surface area (Å²) in [6.07, 6.45) is 0. The van der Waals surface area contributed by atoms with Crippen LogP contribution in [-0.2, 0) is 0 Å². The number of para-hydroxylation sites is 3. The van der Waals surface area contributed by atoms with E-state index in [1.54, 1.807) is 0 Å². The molecule has 11 aromatic rings. The van der Waals surface area contributed by atoms with Gasteiger partial charge in [0.15, 0.2) is 0 Å². The van der Waals surface area contributed by atoms with Crippen LogP contribution in [0.5, 0.6) is 0 Å². The first-order chi connectivity index (χ1) is 27.2. The Balaban J connectivity index is 1.05. The summed E-state index contributed by atoms with van der Waals surface area (Å²) in [5.74, 6) is 0. The van der Waals surface area contributed by atoms with E-state index < -0.39 is 0 Å². The van der Waals surface area contributed by atoms with Gasteiger partial charge in [0, 0.05) is 53.4 Å². The van der Waals surface area contributed by atoms with E-state index in [2.05, 4.69) is 193 Å². The van der Waals surface area contributed by atoms with Gasteiger partial charge in [-0.15, -0.1) is 11.3 Å². The van der Waals surface area contributed by atoms with Crippen molar-refractivity contribution in [3.05, 3.63) is 200 Å². The molecule has 0 amide bonds. The Kier molecular flexibility index (Phi) is 7.39. The van der Waals surface area contributed by atoms with Gasteiger partial charge in [-0.05, 0) is 93.7 Å². The van der Waals surface area contributed by atoms with Crippen LogP contribution in [0.25, 0.3) is 86.3 Å². The van der Waals surface area contributed by atoms with Crippen LogP contribution in [0, 0.1) is 0 Å². The van der Waals surface area contributed by atoms with Gasteiger partial charge < -0.3 is 9.32 Å². The fourth-order valence-corrected chi connectivity index (χ4v) is 9.26. The van der Waals surface area contributed by atoms with Crippen LogP contribution in [0.2, 0.25) is 0 Å². The van der Waals surface area contributed by atoms with Gasteiger partial charge in [-0.25, -0.2) is 0 Å². The Morgan fingerprint density at radius 3 is 1.84 bits per heavy atom. The molecule has 2 nitrogen and oxygen atoms in total. The van der Waals surface area contributed by atoms with Crippen LogP contribution < -0.4 is 4.90 Å². The Hall–Kier alpha value is -6.94. The van der Waals surface area contributed by atoms with E-state index in [0.29, 0.717) is 0 Å². The van der Waals surface area contributed by atoms with Crippen molar-refractivity contribution in [2.75, 3.05) is 4.90 Å². The average Bonchev–Trinajstić information content (AvgIpc) is 3.83. The highest BCUT2D eigenvalue weighted by Gasteiger charge is 2.19. The molecule has 0 saturated heterocycles. The summed E-state index contributed by atoms with van der Waals surface area (Å²) in [5.41, 5.74) is 12.1. The van der Waals surface area contributed by atoms with Crippen molar-refractivity contribution in [3.8, 4) is 33.4 Å². The van der Waals surface area contributed by atoms with Crippen LogP contribution in [0.4, 0.5) is 17.1 Å². The minimum absolute atomic E-state index is 0.908. The van der Waals surface area contributed by atoms with Gasteiger partial charge in [0.25, 0.3) is 0 Å². The van der Waals surface area contributed by atoms with Crippen molar-refractivity contribution in [2.45, 2.75) is 0 Å². The predicted octanol–water partition coefficient (Wildman–Crippen LogP) is 15.6. The molecule has 258 valence electrons. The molecule has 3 heteroatoms. The highest BCUT2D eigenvalue weighted by atomic mass is 32.1. The second-order valence-electron chi connectivity index (χ2n) is 14.1. The van der Waals surface area contributed by atoms with E-state index in [0.717, 1.165) is 50.1 Å². The van der Waals surface area contributed by atoms with E-state index in [9.17, 15) is 0 Å². The highest BCUT2D eigenvalue weighted by Crippen LogP contribution is 2.44. The first-order valence-electron chi connectivity index (χ1n) is 18.7. The molecule has 0 saturated carbocycles. The summed E-state index contributed by atoms with van der Waals surface area (Å²) in [6, 6.07) is 72.3. The topological polar surface area (TPSA) is 16.4 Å². The number of benzene rings is 9. The fraction of sp³-hybridized carbons (Fsp3) is 0. The maximum atomic E-state index is 6.43. The van der Waals surface area contributed by atoms with Crippen LogP contribution >= 0.6 is 11.3 Å². The van der Waals surface area contributed by atoms with Crippen molar-refractivity contribution in [3.63, 3.8) is 0 Å². The molecule has 0 fully saturated rings. The Morgan fingerprint density at radius 1 is 0.364 bits per heavy atom. The SMILES string of the molecule is c1ccc(N(c2ccc(-c3ccc4ccccc4c3)cc2)c2ccc(-c3cccc4c3oc3ccccc34)cc2)c(-c2ccc3sc4ccccc4c3c2)c1. The number of thiophene rings is 1. The normalized spacial score (nSPS) is 11.6. The zero-order chi connectivity index (χ0) is 36.3. The zero-order valence-corrected chi connectivity index (χ0v) is 30.6. The molecule has 2 aromatic heterocycles. The minimum atomic E-state index is 0.908. The fourth-order valence-electron chi connectivity index (χ4n) is 8.17. The summed E-state index contributed by atoms with van der Waals surface area (Å²) >= 11 is 1.85. The first kappa shape index (κ1) is 31.6. The van der Waals surface area contributed by atoms with Crippen molar-refractivity contribution in [2.24, 2.45) is 0 Å². The van der Waals surface area contributed by atoms with Crippen LogP contribution in [-0.4, -0.2) is 0 Å². The van der Waals surface area contributed by atoms with Gasteiger partial charge in [-0.3, -0.25) is 0 Å². The largest absolute Gasteiger partial charge is 0.455 e. The van der Waals surface area contributed by atoms with Gasteiger partial charge in [-0.1, -0.05) is 140 Å². The maximum absolute atomic E-state index is 6.43. The summed E-state index contributed by atoms with van der Waals surface area (Å²) in [5, 5.41) is 7.36. The van der Waals surface area contributed by atoms with E-state index in [1.807, 2.05) is 23.5 Å². The van der Waals surface area contributed by atoms with Gasteiger partial charge >= 0.3 is 0 Å². The molecule has 0 aliphatic heterocycles. The molecule has 0 spiro atoms. The number of hydrogen-bond acceptors (Lipinski definition) is 3. The van der Waals surface area contributed by atoms with Gasteiger partial charge in [0.2, 0.25) is 0 Å². The standard InChI is InChI=1S/C52H33NOS/c1-2-11-37-32-38(21-20-34(37)10-1)35-22-27-40(28-23-35)53(41-29-24-36(25-30-41)43-15-9-16-46-44-13-4-7-18-49(44)54-52(43)46)48-17-6-3-12-42(48)39-26-31-51-47(33-39)45-14-5-8-19-50(45)55-51/h1-33H. The molecule has 0 radical (unpaired) electrons. The summed E-state index contributed by atoms with van der Waals surface area (Å²) < 4.78 is 9.05. The lowest BCUT2D eigenvalue weighted by Crippen LogP contribution is -2.11. The lowest BCUT2D eigenvalue weighted by Gasteiger charge is -2.28. The van der Waals surface area contributed by atoms with Gasteiger partial charge in [0.1, 0.15) is 11.2 Å². The van der Waals surface area contributed by atoms with Crippen LogP contribution in [0.1, 0.15) is 0 Å². The van der Waals surface area contributed by atoms with Crippen LogP contribution in [0.15, 0.2) is 205 Å². The molecule has 0 aliphatic carbocycles. The second kappa shape index (κ2) is 12.9. The molecular weight excluding hydrogens is 687 g/mol. The highest BCUT2D eigenvalue weighted by molar-refractivity contribution is 7.25. The molecule has 0 aliphatic rings. The minimum Gasteiger partial charge on any atom is -0.455 e. The van der Waals surface area contributed by atoms with E-state index in [-0.39, 0.29) is 0 Å². The number of hydrogen-bond donors (Lipinski definition) is 0. The number of nitrogens with zero attached hydrogens (tertiary/aromatic N) is 1. The van der Waals surface area contributed by atoms with Crippen molar-refractivity contribution >= 4 is 81.3 Å². The number of rotatable bonds is 6. The zero-order valence-electron chi connectivity index (χ0n) is 29.8. The maximum Gasteiger partial charge on any atom is 0.143 e. The monoisotopic (exact) mass is 719 g/mol. The number of fused-ring (bicyclic) bond motifs is 7. The quantitative estimate of drug-likeness (QED) is 0.170. The van der Waals surface area contributed by atoms with Crippen molar-refractivity contribution in [1.82, 2.24) is 0 Å². The first-order valence-corrected chi connectivity index (χ1v) is 19.5. The Morgan fingerprint density at radius 2 is 0.982 bits per heavy atom. The van der Waals surface area contributed by atoms with E-state index in [1.165, 1.54) is 53.2 Å². The molecule has 55 heavy (non-hydrogen) atoms. The molecule has 11 rings (SSSR count). The van der Waals surface area contributed by atoms with Gasteiger partial charge in [-0.2, -0.15) is 0 Å². The third kappa shape index (κ3) is 5.40. The molecular formula is C52H33NOS. The predicted molar refractivity (Wildman–Crippen MR) is 235 cm³/mol. The Labute approximate surface area is 322 Å². The molecule has 0 bridgehead atoms. The third-order valence-electron chi connectivity index (χ3n) is 10.9. The van der Waals surface area contributed by atoms with Crippen molar-refractivity contribution < 1.29 is 4.42 Å². The summed E-state index contributed by atoms with van der Waals surface area (Å²) in [7, 11) is 0. The number of anilines is 3. The number of furan rings is 1. The van der Waals surface area contributed by atoms with Crippen LogP contribution in [0.3, 0.4) is 0 Å². The lowest BCUT2D eigenvalue weighted by atomic mass is 9.98. The summed E-state index contributed by atoms with van der Waals surface area (Å²) in [6.45, 7) is 0. The molecule has 9 aromatic carbocycles. The Bertz CT molecular complexity index is 3210. The second-order valence-corrected chi connectivity index (χ2v) is 15.2. The third-order valence-corrected chi connectivity index (χ3v) is 12.0. The lowest BCUT2D eigenvalue weighted by molar-refractivity contribution is 0.670. The van der Waals surface area contributed by atoms with E-state index >= 15 is 0 Å². The average molecular weight is 720 g/mol. The molecule has 2 heterocycles. The molecule has 0 atom stereocenters. The van der Waals surface area contributed by atoms with E-state index in [4.69, 9.17) is 4.42 Å². The smallest absolute Gasteiger partial charge is 0.143 e.